The van der Waals surface area contributed by atoms with Crippen molar-refractivity contribution < 1.29 is 5.11 Å². The number of benzene rings is 1. The van der Waals surface area contributed by atoms with Gasteiger partial charge in [0.15, 0.2) is 0 Å². The van der Waals surface area contributed by atoms with E-state index in [4.69, 9.17) is 0 Å². The van der Waals surface area contributed by atoms with Crippen molar-refractivity contribution in [3.05, 3.63) is 29.8 Å². The summed E-state index contributed by atoms with van der Waals surface area (Å²) in [5.41, 5.74) is 2.58. The number of anilines is 1. The molecule has 1 fully saturated rings. The number of hydrogen-bond donors (Lipinski definition) is 2. The Bertz CT molecular complexity index is 369. The number of rotatable bonds is 7. The number of aliphatic hydroxyl groups excluding tert-OH is 1. The second-order valence-electron chi connectivity index (χ2n) is 5.34. The first-order valence-corrected chi connectivity index (χ1v) is 7.44. The van der Waals surface area contributed by atoms with Crippen LogP contribution in [0.3, 0.4) is 0 Å². The molecular formula is C16H26N2O. The van der Waals surface area contributed by atoms with E-state index in [9.17, 15) is 5.11 Å². The lowest BCUT2D eigenvalue weighted by Gasteiger charge is -2.39. The van der Waals surface area contributed by atoms with Gasteiger partial charge in [-0.1, -0.05) is 19.1 Å². The van der Waals surface area contributed by atoms with Crippen LogP contribution in [0.15, 0.2) is 24.3 Å². The van der Waals surface area contributed by atoms with Gasteiger partial charge in [0.2, 0.25) is 0 Å². The molecule has 1 unspecified atom stereocenters. The summed E-state index contributed by atoms with van der Waals surface area (Å²) in [6.07, 6.45) is 4.94. The monoisotopic (exact) mass is 262 g/mol. The number of nitrogens with zero attached hydrogens (tertiary/aromatic N) is 1. The van der Waals surface area contributed by atoms with Gasteiger partial charge in [0.05, 0.1) is 6.61 Å². The second-order valence-corrected chi connectivity index (χ2v) is 5.34. The van der Waals surface area contributed by atoms with E-state index in [0.717, 1.165) is 13.0 Å². The van der Waals surface area contributed by atoms with Crippen molar-refractivity contribution in [2.24, 2.45) is 0 Å². The van der Waals surface area contributed by atoms with Crippen LogP contribution in [0.1, 0.15) is 44.2 Å². The van der Waals surface area contributed by atoms with Crippen molar-refractivity contribution in [1.29, 1.82) is 0 Å². The Balaban J connectivity index is 2.10. The maximum atomic E-state index is 9.23. The molecule has 1 saturated carbocycles. The van der Waals surface area contributed by atoms with Gasteiger partial charge in [0, 0.05) is 24.3 Å². The summed E-state index contributed by atoms with van der Waals surface area (Å²) >= 11 is 0. The van der Waals surface area contributed by atoms with Gasteiger partial charge in [-0.25, -0.2) is 0 Å². The minimum atomic E-state index is 0.229. The lowest BCUT2D eigenvalue weighted by atomic mass is 9.91. The van der Waals surface area contributed by atoms with E-state index < -0.39 is 0 Å². The molecule has 2 rings (SSSR count). The van der Waals surface area contributed by atoms with Crippen LogP contribution in [0, 0.1) is 0 Å². The molecular weight excluding hydrogens is 236 g/mol. The quantitative estimate of drug-likeness (QED) is 0.793. The van der Waals surface area contributed by atoms with E-state index in [-0.39, 0.29) is 6.61 Å². The summed E-state index contributed by atoms with van der Waals surface area (Å²) in [7, 11) is 2.01. The van der Waals surface area contributed by atoms with Gasteiger partial charge in [-0.15, -0.1) is 0 Å². The molecule has 3 heteroatoms. The number of nitrogens with one attached hydrogen (secondary N) is 1. The molecule has 0 aromatic heterocycles. The maximum Gasteiger partial charge on any atom is 0.0606 e. The Labute approximate surface area is 116 Å². The first-order valence-electron chi connectivity index (χ1n) is 7.44. The summed E-state index contributed by atoms with van der Waals surface area (Å²) in [6.45, 7) is 3.17. The molecule has 1 atom stereocenters. The smallest absolute Gasteiger partial charge is 0.0606 e. The molecule has 0 heterocycles. The van der Waals surface area contributed by atoms with Crippen molar-refractivity contribution in [2.75, 3.05) is 25.1 Å². The fourth-order valence-electron chi connectivity index (χ4n) is 2.83. The van der Waals surface area contributed by atoms with Crippen LogP contribution >= 0.6 is 0 Å². The van der Waals surface area contributed by atoms with Crippen LogP contribution in [0.2, 0.25) is 0 Å². The minimum Gasteiger partial charge on any atom is -0.395 e. The first-order chi connectivity index (χ1) is 9.30. The van der Waals surface area contributed by atoms with Crippen molar-refractivity contribution >= 4 is 5.69 Å². The molecule has 0 saturated heterocycles. The van der Waals surface area contributed by atoms with Crippen molar-refractivity contribution in [1.82, 2.24) is 5.32 Å². The fraction of sp³-hybridized carbons (Fsp3) is 0.625. The zero-order valence-electron chi connectivity index (χ0n) is 12.1. The van der Waals surface area contributed by atoms with Crippen molar-refractivity contribution in [3.63, 3.8) is 0 Å². The maximum absolute atomic E-state index is 9.23. The lowest BCUT2D eigenvalue weighted by Crippen LogP contribution is -2.41. The SMILES string of the molecule is CCC(NC)c1ccc(N(CCO)C2CCC2)cc1. The van der Waals surface area contributed by atoms with Crippen LogP contribution in [0.5, 0.6) is 0 Å². The van der Waals surface area contributed by atoms with E-state index in [1.54, 1.807) is 0 Å². The summed E-state index contributed by atoms with van der Waals surface area (Å²) < 4.78 is 0. The van der Waals surface area contributed by atoms with Gasteiger partial charge < -0.3 is 15.3 Å². The predicted octanol–water partition coefficient (Wildman–Crippen LogP) is 2.71. The highest BCUT2D eigenvalue weighted by molar-refractivity contribution is 5.49. The molecule has 0 spiro atoms. The third kappa shape index (κ3) is 3.28. The Morgan fingerprint density at radius 1 is 1.32 bits per heavy atom. The van der Waals surface area contributed by atoms with E-state index in [0.29, 0.717) is 12.1 Å². The number of aliphatic hydroxyl groups is 1. The van der Waals surface area contributed by atoms with Crippen LogP contribution in [0.4, 0.5) is 5.69 Å². The van der Waals surface area contributed by atoms with Gasteiger partial charge in [0.25, 0.3) is 0 Å². The zero-order chi connectivity index (χ0) is 13.7. The molecule has 0 bridgehead atoms. The van der Waals surface area contributed by atoms with E-state index >= 15 is 0 Å². The van der Waals surface area contributed by atoms with Gasteiger partial charge in [0.1, 0.15) is 0 Å². The molecule has 2 N–H and O–H groups in total. The van der Waals surface area contributed by atoms with Crippen LogP contribution in [-0.4, -0.2) is 31.3 Å². The molecule has 1 aliphatic rings. The first kappa shape index (κ1) is 14.4. The minimum absolute atomic E-state index is 0.229. The van der Waals surface area contributed by atoms with E-state index in [1.807, 2.05) is 7.05 Å². The summed E-state index contributed by atoms with van der Waals surface area (Å²) in [6, 6.07) is 9.88. The fourth-order valence-corrected chi connectivity index (χ4v) is 2.83. The molecule has 19 heavy (non-hydrogen) atoms. The highest BCUT2D eigenvalue weighted by Gasteiger charge is 2.24. The molecule has 106 valence electrons. The Morgan fingerprint density at radius 2 is 2.00 bits per heavy atom. The van der Waals surface area contributed by atoms with Crippen LogP contribution < -0.4 is 10.2 Å². The summed E-state index contributed by atoms with van der Waals surface area (Å²) in [4.78, 5) is 2.35. The molecule has 3 nitrogen and oxygen atoms in total. The van der Waals surface area contributed by atoms with Gasteiger partial charge in [-0.2, -0.15) is 0 Å². The number of hydrogen-bond acceptors (Lipinski definition) is 3. The van der Waals surface area contributed by atoms with Crippen molar-refractivity contribution in [3.8, 4) is 0 Å². The molecule has 1 aromatic carbocycles. The highest BCUT2D eigenvalue weighted by Crippen LogP contribution is 2.30. The Morgan fingerprint density at radius 3 is 2.42 bits per heavy atom. The third-order valence-corrected chi connectivity index (χ3v) is 4.24. The standard InChI is InChI=1S/C16H26N2O/c1-3-16(17-2)13-7-9-15(10-8-13)18(11-12-19)14-5-4-6-14/h7-10,14,16-17,19H,3-6,11-12H2,1-2H3. The molecule has 0 aliphatic heterocycles. The Hall–Kier alpha value is -1.06. The molecule has 0 amide bonds. The predicted molar refractivity (Wildman–Crippen MR) is 80.6 cm³/mol. The van der Waals surface area contributed by atoms with Gasteiger partial charge >= 0.3 is 0 Å². The highest BCUT2D eigenvalue weighted by atomic mass is 16.3. The zero-order valence-corrected chi connectivity index (χ0v) is 12.1. The molecule has 1 aromatic rings. The normalized spacial score (nSPS) is 17.0. The third-order valence-electron chi connectivity index (χ3n) is 4.24. The Kier molecular flexibility index (Phi) is 5.23. The van der Waals surface area contributed by atoms with Crippen LogP contribution in [0.25, 0.3) is 0 Å². The van der Waals surface area contributed by atoms with E-state index in [2.05, 4.69) is 41.4 Å². The van der Waals surface area contributed by atoms with Crippen LogP contribution in [-0.2, 0) is 0 Å². The van der Waals surface area contributed by atoms with Gasteiger partial charge in [-0.3, -0.25) is 0 Å². The summed E-state index contributed by atoms with van der Waals surface area (Å²) in [5.74, 6) is 0. The van der Waals surface area contributed by atoms with E-state index in [1.165, 1.54) is 30.5 Å². The molecule has 0 radical (unpaired) electrons. The van der Waals surface area contributed by atoms with Crippen molar-refractivity contribution in [2.45, 2.75) is 44.7 Å². The largest absolute Gasteiger partial charge is 0.395 e. The lowest BCUT2D eigenvalue weighted by molar-refractivity contribution is 0.283. The summed E-state index contributed by atoms with van der Waals surface area (Å²) in [5, 5.41) is 12.6. The van der Waals surface area contributed by atoms with Gasteiger partial charge in [-0.05, 0) is 50.4 Å². The average molecular weight is 262 g/mol. The molecule has 1 aliphatic carbocycles. The second kappa shape index (κ2) is 6.92. The topological polar surface area (TPSA) is 35.5 Å². The average Bonchev–Trinajstić information content (AvgIpc) is 2.38.